The van der Waals surface area contributed by atoms with Crippen LogP contribution in [0.3, 0.4) is 0 Å². The number of thioether (sulfide) groups is 1. The average molecular weight is 228 g/mol. The van der Waals surface area contributed by atoms with Crippen LogP contribution < -0.4 is 0 Å². The molecule has 0 N–H and O–H groups in total. The van der Waals surface area contributed by atoms with Gasteiger partial charge >= 0.3 is 0 Å². The molecule has 0 aliphatic carbocycles. The van der Waals surface area contributed by atoms with Crippen molar-refractivity contribution in [1.82, 2.24) is 9.55 Å². The second-order valence-corrected chi connectivity index (χ2v) is 4.91. The molecule has 0 spiro atoms. The van der Waals surface area contributed by atoms with E-state index in [1.165, 1.54) is 16.0 Å². The van der Waals surface area contributed by atoms with E-state index in [2.05, 4.69) is 40.4 Å². The summed E-state index contributed by atoms with van der Waals surface area (Å²) in [6, 6.07) is 8.78. The molecule has 0 saturated heterocycles. The highest BCUT2D eigenvalue weighted by Crippen LogP contribution is 2.40. The third-order valence-electron chi connectivity index (χ3n) is 2.84. The lowest BCUT2D eigenvalue weighted by Gasteiger charge is -2.28. The Hall–Kier alpha value is -1.48. The predicted molar refractivity (Wildman–Crippen MR) is 66.7 cm³/mol. The van der Waals surface area contributed by atoms with E-state index in [4.69, 9.17) is 0 Å². The zero-order valence-corrected chi connectivity index (χ0v) is 9.65. The number of imidazole rings is 1. The fraction of sp³-hybridized carbons (Fsp3) is 0.154. The number of benzene rings is 1. The molecular weight excluding hydrogens is 216 g/mol. The molecule has 1 aliphatic heterocycles. The molecular formula is C13H12N2S. The molecule has 2 nitrogen and oxygen atoms in total. The van der Waals surface area contributed by atoms with E-state index >= 15 is 0 Å². The van der Waals surface area contributed by atoms with Gasteiger partial charge < -0.3 is 4.57 Å². The van der Waals surface area contributed by atoms with Gasteiger partial charge in [-0.15, -0.1) is 11.8 Å². The molecule has 0 bridgehead atoms. The zero-order valence-electron chi connectivity index (χ0n) is 8.84. The Morgan fingerprint density at radius 1 is 1.38 bits per heavy atom. The van der Waals surface area contributed by atoms with Gasteiger partial charge in [-0.25, -0.2) is 4.98 Å². The maximum atomic E-state index is 4.18. The minimum Gasteiger partial charge on any atom is -0.326 e. The molecule has 1 atom stereocenters. The van der Waals surface area contributed by atoms with Crippen molar-refractivity contribution in [3.05, 3.63) is 60.7 Å². The van der Waals surface area contributed by atoms with E-state index < -0.39 is 0 Å². The largest absolute Gasteiger partial charge is 0.326 e. The zero-order chi connectivity index (χ0) is 11.0. The van der Waals surface area contributed by atoms with Crippen LogP contribution in [0.15, 0.2) is 60.0 Å². The fourth-order valence-corrected chi connectivity index (χ4v) is 3.12. The number of hydrogen-bond donors (Lipinski definition) is 0. The van der Waals surface area contributed by atoms with Crippen molar-refractivity contribution in [2.24, 2.45) is 0 Å². The van der Waals surface area contributed by atoms with Crippen LogP contribution in [0.4, 0.5) is 0 Å². The third-order valence-corrected chi connectivity index (χ3v) is 4.03. The minimum absolute atomic E-state index is 0.250. The molecule has 1 unspecified atom stereocenters. The Kier molecular flexibility index (Phi) is 2.33. The second kappa shape index (κ2) is 3.83. The summed E-state index contributed by atoms with van der Waals surface area (Å²) in [5, 5.41) is 0. The number of hydrogen-bond acceptors (Lipinski definition) is 2. The van der Waals surface area contributed by atoms with Crippen LogP contribution in [0.5, 0.6) is 0 Å². The summed E-state index contributed by atoms with van der Waals surface area (Å²) in [4.78, 5) is 5.47. The van der Waals surface area contributed by atoms with Crippen LogP contribution in [-0.4, -0.2) is 15.3 Å². The van der Waals surface area contributed by atoms with Gasteiger partial charge in [0.05, 0.1) is 12.4 Å². The summed E-state index contributed by atoms with van der Waals surface area (Å²) in [6.45, 7) is 4.18. The van der Waals surface area contributed by atoms with Crippen LogP contribution >= 0.6 is 11.8 Å². The first-order valence-electron chi connectivity index (χ1n) is 5.23. The van der Waals surface area contributed by atoms with Crippen molar-refractivity contribution < 1.29 is 0 Å². The van der Waals surface area contributed by atoms with Gasteiger partial charge in [-0.2, -0.15) is 0 Å². The summed E-state index contributed by atoms with van der Waals surface area (Å²) >= 11 is 1.86. The highest BCUT2D eigenvalue weighted by molar-refractivity contribution is 7.99. The summed E-state index contributed by atoms with van der Waals surface area (Å²) in [7, 11) is 0. The summed E-state index contributed by atoms with van der Waals surface area (Å²) in [5.41, 5.74) is 2.57. The second-order valence-electron chi connectivity index (χ2n) is 3.90. The van der Waals surface area contributed by atoms with Gasteiger partial charge in [0.15, 0.2) is 0 Å². The van der Waals surface area contributed by atoms with E-state index in [-0.39, 0.29) is 6.04 Å². The van der Waals surface area contributed by atoms with E-state index in [1.807, 2.05) is 30.5 Å². The molecule has 2 heterocycles. The molecule has 80 valence electrons. The van der Waals surface area contributed by atoms with Gasteiger partial charge in [-0.05, 0) is 17.2 Å². The van der Waals surface area contributed by atoms with E-state index in [1.54, 1.807) is 0 Å². The molecule has 2 aromatic rings. The van der Waals surface area contributed by atoms with Crippen LogP contribution in [0.1, 0.15) is 11.6 Å². The van der Waals surface area contributed by atoms with E-state index in [9.17, 15) is 0 Å². The fourth-order valence-electron chi connectivity index (χ4n) is 2.10. The topological polar surface area (TPSA) is 17.8 Å². The Bertz CT molecular complexity index is 516. The number of nitrogens with zero attached hydrogens (tertiary/aromatic N) is 2. The summed E-state index contributed by atoms with van der Waals surface area (Å²) in [5.74, 6) is 0.986. The summed E-state index contributed by atoms with van der Waals surface area (Å²) in [6.07, 6.45) is 5.68. The SMILES string of the molecule is C=C1CSc2ccccc2C1n1ccnc1. The molecule has 3 rings (SSSR count). The molecule has 3 heteroatoms. The smallest absolute Gasteiger partial charge is 0.0954 e. The van der Waals surface area contributed by atoms with Gasteiger partial charge in [0.25, 0.3) is 0 Å². The maximum Gasteiger partial charge on any atom is 0.0954 e. The van der Waals surface area contributed by atoms with Gasteiger partial charge in [-0.1, -0.05) is 24.8 Å². The molecule has 16 heavy (non-hydrogen) atoms. The van der Waals surface area contributed by atoms with Crippen LogP contribution in [0, 0.1) is 0 Å². The Labute approximate surface area is 99.0 Å². The Morgan fingerprint density at radius 3 is 3.06 bits per heavy atom. The number of aromatic nitrogens is 2. The van der Waals surface area contributed by atoms with Gasteiger partial charge in [0.1, 0.15) is 0 Å². The van der Waals surface area contributed by atoms with Crippen LogP contribution in [0.25, 0.3) is 0 Å². The molecule has 1 aromatic heterocycles. The molecule has 0 saturated carbocycles. The maximum absolute atomic E-state index is 4.18. The highest BCUT2D eigenvalue weighted by Gasteiger charge is 2.24. The third kappa shape index (κ3) is 1.48. The highest BCUT2D eigenvalue weighted by atomic mass is 32.2. The lowest BCUT2D eigenvalue weighted by Crippen LogP contribution is -2.17. The number of fused-ring (bicyclic) bond motifs is 1. The first-order valence-corrected chi connectivity index (χ1v) is 6.21. The Balaban J connectivity index is 2.14. The standard InChI is InChI=1S/C13H12N2S/c1-10-8-16-12-5-3-2-4-11(12)13(10)15-7-6-14-9-15/h2-7,9,13H,1,8H2. The molecule has 0 fully saturated rings. The quantitative estimate of drug-likeness (QED) is 0.698. The van der Waals surface area contributed by atoms with Gasteiger partial charge in [0.2, 0.25) is 0 Å². The van der Waals surface area contributed by atoms with E-state index in [0.29, 0.717) is 0 Å². The normalized spacial score (nSPS) is 19.5. The van der Waals surface area contributed by atoms with Crippen molar-refractivity contribution >= 4 is 11.8 Å². The van der Waals surface area contributed by atoms with Crippen molar-refractivity contribution in [2.45, 2.75) is 10.9 Å². The number of rotatable bonds is 1. The van der Waals surface area contributed by atoms with Gasteiger partial charge in [0, 0.05) is 23.0 Å². The first-order chi connectivity index (χ1) is 7.86. The van der Waals surface area contributed by atoms with Crippen molar-refractivity contribution in [3.63, 3.8) is 0 Å². The lowest BCUT2D eigenvalue weighted by molar-refractivity contribution is 0.651. The molecule has 1 aliphatic rings. The lowest BCUT2D eigenvalue weighted by atomic mass is 10.00. The minimum atomic E-state index is 0.250. The van der Waals surface area contributed by atoms with Crippen LogP contribution in [0.2, 0.25) is 0 Å². The molecule has 0 amide bonds. The summed E-state index contributed by atoms with van der Waals surface area (Å²) < 4.78 is 2.13. The molecule has 0 radical (unpaired) electrons. The molecule has 1 aromatic carbocycles. The van der Waals surface area contributed by atoms with Gasteiger partial charge in [-0.3, -0.25) is 0 Å². The van der Waals surface area contributed by atoms with Crippen molar-refractivity contribution in [1.29, 1.82) is 0 Å². The van der Waals surface area contributed by atoms with E-state index in [0.717, 1.165) is 5.75 Å². The average Bonchev–Trinajstić information content (AvgIpc) is 2.82. The van der Waals surface area contributed by atoms with Crippen molar-refractivity contribution in [2.75, 3.05) is 5.75 Å². The monoisotopic (exact) mass is 228 g/mol. The van der Waals surface area contributed by atoms with Crippen LogP contribution in [-0.2, 0) is 0 Å². The Morgan fingerprint density at radius 2 is 2.25 bits per heavy atom. The predicted octanol–water partition coefficient (Wildman–Crippen LogP) is 3.13. The van der Waals surface area contributed by atoms with Crippen molar-refractivity contribution in [3.8, 4) is 0 Å². The first kappa shape index (κ1) is 9.73.